The summed E-state index contributed by atoms with van der Waals surface area (Å²) in [5.41, 5.74) is 0.363. The number of ketones is 1. The fourth-order valence-electron chi connectivity index (χ4n) is 2.72. The maximum atomic E-state index is 12.4. The number of nitrogens with zero attached hydrogens (tertiary/aromatic N) is 1. The summed E-state index contributed by atoms with van der Waals surface area (Å²) in [5.74, 6) is -1.50. The van der Waals surface area contributed by atoms with Crippen LogP contribution in [0.3, 0.4) is 0 Å². The molecule has 0 spiro atoms. The summed E-state index contributed by atoms with van der Waals surface area (Å²) < 4.78 is 6.17. The maximum absolute atomic E-state index is 12.4. The predicted molar refractivity (Wildman–Crippen MR) is 88.9 cm³/mol. The molecule has 1 aliphatic rings. The number of benzene rings is 1. The number of aliphatic hydroxyl groups is 2. The van der Waals surface area contributed by atoms with Gasteiger partial charge in [0.1, 0.15) is 17.6 Å². The van der Waals surface area contributed by atoms with Crippen LogP contribution in [-0.4, -0.2) is 40.0 Å². The van der Waals surface area contributed by atoms with E-state index >= 15 is 0 Å². The Kier molecular flexibility index (Phi) is 4.55. The third kappa shape index (κ3) is 2.76. The van der Waals surface area contributed by atoms with E-state index in [0.717, 1.165) is 4.47 Å². The summed E-state index contributed by atoms with van der Waals surface area (Å²) in [7, 11) is 0. The van der Waals surface area contributed by atoms with Crippen molar-refractivity contribution in [2.24, 2.45) is 0 Å². The molecular weight excluding hydrogens is 378 g/mol. The van der Waals surface area contributed by atoms with Crippen LogP contribution in [0.25, 0.3) is 5.76 Å². The Morgan fingerprint density at radius 3 is 2.50 bits per heavy atom. The van der Waals surface area contributed by atoms with Gasteiger partial charge in [-0.25, -0.2) is 0 Å². The van der Waals surface area contributed by atoms with Gasteiger partial charge in [0.05, 0.1) is 18.4 Å². The second-order valence-electron chi connectivity index (χ2n) is 5.24. The van der Waals surface area contributed by atoms with Gasteiger partial charge in [0, 0.05) is 16.6 Å². The van der Waals surface area contributed by atoms with Gasteiger partial charge in [0.15, 0.2) is 0 Å². The highest BCUT2D eigenvalue weighted by Crippen LogP contribution is 2.39. The standard InChI is InChI=1S/C17H14BrNO5/c18-11-5-3-10(4-6-11)15(21)13-14(12-2-1-9-24-12)19(7-8-20)17(23)16(13)22/h1-6,9,14,20-21H,7-8H2/b15-13-. The van der Waals surface area contributed by atoms with Crippen LogP contribution in [0, 0.1) is 0 Å². The van der Waals surface area contributed by atoms with Crippen LogP contribution in [0.15, 0.2) is 57.1 Å². The van der Waals surface area contributed by atoms with Crippen molar-refractivity contribution in [2.75, 3.05) is 13.2 Å². The third-order valence-electron chi connectivity index (χ3n) is 3.81. The van der Waals surface area contributed by atoms with Gasteiger partial charge in [0.25, 0.3) is 11.7 Å². The van der Waals surface area contributed by atoms with Crippen molar-refractivity contribution >= 4 is 33.4 Å². The number of carbonyl (C=O) groups is 2. The van der Waals surface area contributed by atoms with Crippen LogP contribution in [0.1, 0.15) is 17.4 Å². The van der Waals surface area contributed by atoms with E-state index in [-0.39, 0.29) is 24.5 Å². The van der Waals surface area contributed by atoms with Gasteiger partial charge < -0.3 is 19.5 Å². The molecule has 24 heavy (non-hydrogen) atoms. The molecule has 1 aromatic heterocycles. The summed E-state index contributed by atoms with van der Waals surface area (Å²) >= 11 is 3.30. The van der Waals surface area contributed by atoms with Crippen molar-refractivity contribution < 1.29 is 24.2 Å². The highest BCUT2D eigenvalue weighted by molar-refractivity contribution is 9.10. The van der Waals surface area contributed by atoms with Crippen molar-refractivity contribution in [3.63, 3.8) is 0 Å². The first-order valence-electron chi connectivity index (χ1n) is 7.23. The van der Waals surface area contributed by atoms with Crippen LogP contribution in [0.4, 0.5) is 0 Å². The van der Waals surface area contributed by atoms with Gasteiger partial charge in [-0.3, -0.25) is 9.59 Å². The number of halogens is 1. The molecule has 0 saturated carbocycles. The van der Waals surface area contributed by atoms with E-state index in [1.54, 1.807) is 36.4 Å². The monoisotopic (exact) mass is 391 g/mol. The summed E-state index contributed by atoms with van der Waals surface area (Å²) in [6, 6.07) is 9.11. The first kappa shape index (κ1) is 16.5. The first-order valence-corrected chi connectivity index (χ1v) is 8.02. The molecule has 1 fully saturated rings. The number of rotatable bonds is 4. The number of aliphatic hydroxyl groups excluding tert-OH is 2. The number of hydrogen-bond acceptors (Lipinski definition) is 5. The molecule has 2 heterocycles. The molecule has 1 aromatic carbocycles. The molecule has 1 aliphatic heterocycles. The van der Waals surface area contributed by atoms with Gasteiger partial charge in [-0.05, 0) is 24.3 Å². The van der Waals surface area contributed by atoms with E-state index < -0.39 is 17.7 Å². The molecule has 3 rings (SSSR count). The Morgan fingerprint density at radius 1 is 1.21 bits per heavy atom. The number of hydrogen-bond donors (Lipinski definition) is 2. The Balaban J connectivity index is 2.15. The minimum atomic E-state index is -0.865. The molecule has 7 heteroatoms. The molecule has 0 bridgehead atoms. The number of likely N-dealkylation sites (tertiary alicyclic amines) is 1. The number of carbonyl (C=O) groups excluding carboxylic acids is 2. The first-order chi connectivity index (χ1) is 11.5. The van der Waals surface area contributed by atoms with Crippen LogP contribution in [0.2, 0.25) is 0 Å². The van der Waals surface area contributed by atoms with Crippen LogP contribution >= 0.6 is 15.9 Å². The van der Waals surface area contributed by atoms with Gasteiger partial charge in [-0.2, -0.15) is 0 Å². The molecule has 1 atom stereocenters. The minimum Gasteiger partial charge on any atom is -0.507 e. The zero-order chi connectivity index (χ0) is 17.3. The van der Waals surface area contributed by atoms with Crippen molar-refractivity contribution in [1.82, 2.24) is 4.90 Å². The number of β-amino-alcohol motifs (C(OH)–C–C–N with tert-alkyl or cyclic N) is 1. The largest absolute Gasteiger partial charge is 0.507 e. The lowest BCUT2D eigenvalue weighted by molar-refractivity contribution is -0.140. The van der Waals surface area contributed by atoms with Crippen LogP contribution in [-0.2, 0) is 9.59 Å². The van der Waals surface area contributed by atoms with Crippen molar-refractivity contribution in [1.29, 1.82) is 0 Å². The lowest BCUT2D eigenvalue weighted by Gasteiger charge is -2.22. The van der Waals surface area contributed by atoms with Crippen molar-refractivity contribution in [2.45, 2.75) is 6.04 Å². The topological polar surface area (TPSA) is 91.0 Å². The molecule has 0 aliphatic carbocycles. The summed E-state index contributed by atoms with van der Waals surface area (Å²) in [4.78, 5) is 25.9. The smallest absolute Gasteiger partial charge is 0.295 e. The quantitative estimate of drug-likeness (QED) is 0.474. The van der Waals surface area contributed by atoms with E-state index in [9.17, 15) is 19.8 Å². The molecule has 1 amide bonds. The number of amides is 1. The van der Waals surface area contributed by atoms with Gasteiger partial charge in [0.2, 0.25) is 0 Å². The van der Waals surface area contributed by atoms with E-state index in [0.29, 0.717) is 11.3 Å². The van der Waals surface area contributed by atoms with Crippen LogP contribution in [0.5, 0.6) is 0 Å². The lowest BCUT2D eigenvalue weighted by Crippen LogP contribution is -2.32. The molecule has 1 saturated heterocycles. The Labute approximate surface area is 146 Å². The van der Waals surface area contributed by atoms with Gasteiger partial charge in [-0.15, -0.1) is 0 Å². The maximum Gasteiger partial charge on any atom is 0.295 e. The third-order valence-corrected chi connectivity index (χ3v) is 4.34. The van der Waals surface area contributed by atoms with E-state index in [4.69, 9.17) is 4.42 Å². The van der Waals surface area contributed by atoms with Crippen molar-refractivity contribution in [3.8, 4) is 0 Å². The average Bonchev–Trinajstić information content (AvgIpc) is 3.18. The molecular formula is C17H14BrNO5. The molecule has 6 nitrogen and oxygen atoms in total. The second-order valence-corrected chi connectivity index (χ2v) is 6.15. The zero-order valence-corrected chi connectivity index (χ0v) is 14.1. The fourth-order valence-corrected chi connectivity index (χ4v) is 2.99. The molecule has 2 N–H and O–H groups in total. The molecule has 124 valence electrons. The summed E-state index contributed by atoms with van der Waals surface area (Å²) in [5, 5.41) is 19.8. The highest BCUT2D eigenvalue weighted by Gasteiger charge is 2.47. The van der Waals surface area contributed by atoms with E-state index in [1.807, 2.05) is 0 Å². The molecule has 2 aromatic rings. The van der Waals surface area contributed by atoms with Gasteiger partial charge >= 0.3 is 0 Å². The average molecular weight is 392 g/mol. The van der Waals surface area contributed by atoms with E-state index in [2.05, 4.69) is 15.9 Å². The lowest BCUT2D eigenvalue weighted by atomic mass is 9.99. The highest BCUT2D eigenvalue weighted by atomic mass is 79.9. The van der Waals surface area contributed by atoms with E-state index in [1.165, 1.54) is 11.2 Å². The summed E-state index contributed by atoms with van der Waals surface area (Å²) in [6.07, 6.45) is 1.42. The predicted octanol–water partition coefficient (Wildman–Crippen LogP) is 2.46. The minimum absolute atomic E-state index is 0.0347. The molecule has 1 unspecified atom stereocenters. The van der Waals surface area contributed by atoms with Gasteiger partial charge in [-0.1, -0.05) is 28.1 Å². The normalized spacial score (nSPS) is 19.9. The second kappa shape index (κ2) is 6.62. The number of furan rings is 1. The summed E-state index contributed by atoms with van der Waals surface area (Å²) in [6.45, 7) is -0.338. The molecule has 0 radical (unpaired) electrons. The number of Topliss-reactive ketones (excluding diaryl/α,β-unsaturated/α-hetero) is 1. The fraction of sp³-hybridized carbons (Fsp3) is 0.176. The SMILES string of the molecule is O=C1C(=O)N(CCO)C(c2ccco2)/C1=C(/O)c1ccc(Br)cc1. The Morgan fingerprint density at radius 2 is 1.92 bits per heavy atom. The van der Waals surface area contributed by atoms with Crippen molar-refractivity contribution in [3.05, 3.63) is 64.0 Å². The zero-order valence-electron chi connectivity index (χ0n) is 12.5. The van der Waals surface area contributed by atoms with Crippen LogP contribution < -0.4 is 0 Å². The Bertz CT molecular complexity index is 795. The Hall–Kier alpha value is -2.38.